The maximum Gasteiger partial charge on any atom is 0.319 e. The molecule has 1 aliphatic carbocycles. The molecule has 0 aromatic rings. The number of carboxylic acids is 1. The lowest BCUT2D eigenvalue weighted by Gasteiger charge is -2.10. The smallest absolute Gasteiger partial charge is 0.319 e. The molecule has 1 fully saturated rings. The van der Waals surface area contributed by atoms with Crippen molar-refractivity contribution >= 4 is 17.8 Å². The van der Waals surface area contributed by atoms with Gasteiger partial charge in [-0.1, -0.05) is 6.92 Å². The predicted octanol–water partition coefficient (Wildman–Crippen LogP) is -0.116. The van der Waals surface area contributed by atoms with E-state index in [1.165, 1.54) is 0 Å². The molecular formula is C11H18N2O4. The summed E-state index contributed by atoms with van der Waals surface area (Å²) in [5.74, 6) is -1.69. The molecule has 0 spiro atoms. The number of rotatable bonds is 7. The summed E-state index contributed by atoms with van der Waals surface area (Å²) in [5.41, 5.74) is -1.22. The zero-order chi connectivity index (χ0) is 12.9. The monoisotopic (exact) mass is 242 g/mol. The van der Waals surface area contributed by atoms with Gasteiger partial charge in [-0.25, -0.2) is 0 Å². The third kappa shape index (κ3) is 3.44. The van der Waals surface area contributed by atoms with Crippen molar-refractivity contribution in [2.24, 2.45) is 5.41 Å². The Hall–Kier alpha value is -1.59. The summed E-state index contributed by atoms with van der Waals surface area (Å²) in [6, 6.07) is 0. The molecule has 0 unspecified atom stereocenters. The molecule has 1 saturated carbocycles. The van der Waals surface area contributed by atoms with Gasteiger partial charge in [0.25, 0.3) is 0 Å². The van der Waals surface area contributed by atoms with Gasteiger partial charge in [0.15, 0.2) is 0 Å². The Kier molecular flexibility index (Phi) is 4.48. The second-order valence-corrected chi connectivity index (χ2v) is 4.24. The van der Waals surface area contributed by atoms with Gasteiger partial charge < -0.3 is 15.7 Å². The highest BCUT2D eigenvalue weighted by molar-refractivity contribution is 6.04. The SMILES string of the molecule is CCCNC(=O)CCNC(=O)C1(C(=O)O)CC1. The molecule has 1 rings (SSSR count). The predicted molar refractivity (Wildman–Crippen MR) is 60.2 cm³/mol. The van der Waals surface area contributed by atoms with Gasteiger partial charge in [0.05, 0.1) is 0 Å². The van der Waals surface area contributed by atoms with Crippen LogP contribution in [0.25, 0.3) is 0 Å². The molecule has 2 amide bonds. The Morgan fingerprint density at radius 2 is 1.82 bits per heavy atom. The Morgan fingerprint density at radius 1 is 1.18 bits per heavy atom. The van der Waals surface area contributed by atoms with Crippen LogP contribution in [0.1, 0.15) is 32.6 Å². The van der Waals surface area contributed by atoms with E-state index in [-0.39, 0.29) is 18.9 Å². The van der Waals surface area contributed by atoms with Crippen molar-refractivity contribution in [2.45, 2.75) is 32.6 Å². The van der Waals surface area contributed by atoms with Crippen LogP contribution in [0.4, 0.5) is 0 Å². The van der Waals surface area contributed by atoms with Crippen LogP contribution in [0.2, 0.25) is 0 Å². The van der Waals surface area contributed by atoms with Crippen molar-refractivity contribution in [3.63, 3.8) is 0 Å². The van der Waals surface area contributed by atoms with Crippen molar-refractivity contribution in [1.29, 1.82) is 0 Å². The van der Waals surface area contributed by atoms with Crippen LogP contribution in [-0.4, -0.2) is 36.0 Å². The first kappa shape index (κ1) is 13.5. The van der Waals surface area contributed by atoms with Crippen molar-refractivity contribution in [2.75, 3.05) is 13.1 Å². The van der Waals surface area contributed by atoms with Crippen LogP contribution in [0.15, 0.2) is 0 Å². The number of nitrogens with one attached hydrogen (secondary N) is 2. The van der Waals surface area contributed by atoms with E-state index in [9.17, 15) is 14.4 Å². The number of carboxylic acid groups (broad SMARTS) is 1. The molecule has 0 aromatic heterocycles. The van der Waals surface area contributed by atoms with E-state index < -0.39 is 17.3 Å². The topological polar surface area (TPSA) is 95.5 Å². The quantitative estimate of drug-likeness (QED) is 0.542. The molecule has 0 radical (unpaired) electrons. The van der Waals surface area contributed by atoms with E-state index in [0.29, 0.717) is 19.4 Å². The number of hydrogen-bond acceptors (Lipinski definition) is 3. The van der Waals surface area contributed by atoms with Gasteiger partial charge >= 0.3 is 5.97 Å². The Morgan fingerprint density at radius 3 is 2.29 bits per heavy atom. The van der Waals surface area contributed by atoms with Gasteiger partial charge in [0.1, 0.15) is 5.41 Å². The van der Waals surface area contributed by atoms with E-state index in [2.05, 4.69) is 10.6 Å². The molecule has 17 heavy (non-hydrogen) atoms. The number of hydrogen-bond donors (Lipinski definition) is 3. The number of carbonyl (C=O) groups is 3. The van der Waals surface area contributed by atoms with E-state index >= 15 is 0 Å². The summed E-state index contributed by atoms with van der Waals surface area (Å²) in [4.78, 5) is 33.6. The first-order valence-electron chi connectivity index (χ1n) is 5.81. The van der Waals surface area contributed by atoms with Gasteiger partial charge in [0.2, 0.25) is 11.8 Å². The third-order valence-electron chi connectivity index (χ3n) is 2.80. The molecule has 0 bridgehead atoms. The molecule has 3 N–H and O–H groups in total. The summed E-state index contributed by atoms with van der Waals surface area (Å²) < 4.78 is 0. The van der Waals surface area contributed by atoms with E-state index in [1.807, 2.05) is 6.92 Å². The minimum Gasteiger partial charge on any atom is -0.480 e. The standard InChI is InChI=1S/C11H18N2O4/c1-2-6-12-8(14)3-7-13-9(15)11(4-5-11)10(16)17/h2-7H2,1H3,(H,12,14)(H,13,15)(H,16,17). The summed E-state index contributed by atoms with van der Waals surface area (Å²) in [6.07, 6.45) is 1.81. The molecule has 96 valence electrons. The van der Waals surface area contributed by atoms with Crippen LogP contribution in [0.3, 0.4) is 0 Å². The van der Waals surface area contributed by atoms with Gasteiger partial charge in [0, 0.05) is 19.5 Å². The number of amides is 2. The molecule has 6 heteroatoms. The second kappa shape index (κ2) is 5.65. The van der Waals surface area contributed by atoms with E-state index in [1.54, 1.807) is 0 Å². The fourth-order valence-corrected chi connectivity index (χ4v) is 1.47. The fraction of sp³-hybridized carbons (Fsp3) is 0.727. The molecule has 0 aromatic carbocycles. The highest BCUT2D eigenvalue weighted by Gasteiger charge is 2.56. The summed E-state index contributed by atoms with van der Waals surface area (Å²) in [6.45, 7) is 2.75. The van der Waals surface area contributed by atoms with Crippen LogP contribution in [-0.2, 0) is 14.4 Å². The zero-order valence-electron chi connectivity index (χ0n) is 9.91. The first-order valence-corrected chi connectivity index (χ1v) is 5.81. The third-order valence-corrected chi connectivity index (χ3v) is 2.80. The summed E-state index contributed by atoms with van der Waals surface area (Å²) >= 11 is 0. The van der Waals surface area contributed by atoms with Crippen LogP contribution < -0.4 is 10.6 Å². The lowest BCUT2D eigenvalue weighted by Crippen LogP contribution is -2.39. The van der Waals surface area contributed by atoms with Crippen molar-refractivity contribution in [3.05, 3.63) is 0 Å². The van der Waals surface area contributed by atoms with E-state index in [4.69, 9.17) is 5.11 Å². The summed E-state index contributed by atoms with van der Waals surface area (Å²) in [7, 11) is 0. The second-order valence-electron chi connectivity index (χ2n) is 4.24. The van der Waals surface area contributed by atoms with E-state index in [0.717, 1.165) is 6.42 Å². The Balaban J connectivity index is 2.21. The first-order chi connectivity index (χ1) is 8.03. The molecule has 0 aliphatic heterocycles. The van der Waals surface area contributed by atoms with Crippen LogP contribution in [0.5, 0.6) is 0 Å². The van der Waals surface area contributed by atoms with Gasteiger partial charge in [-0.15, -0.1) is 0 Å². The van der Waals surface area contributed by atoms with Gasteiger partial charge in [-0.2, -0.15) is 0 Å². The van der Waals surface area contributed by atoms with Crippen molar-refractivity contribution in [3.8, 4) is 0 Å². The molecule has 0 heterocycles. The minimum atomic E-state index is -1.22. The van der Waals surface area contributed by atoms with Gasteiger partial charge in [-0.3, -0.25) is 14.4 Å². The highest BCUT2D eigenvalue weighted by Crippen LogP contribution is 2.45. The summed E-state index contributed by atoms with van der Waals surface area (Å²) in [5, 5.41) is 14.0. The largest absolute Gasteiger partial charge is 0.480 e. The highest BCUT2D eigenvalue weighted by atomic mass is 16.4. The average Bonchev–Trinajstić information content (AvgIpc) is 3.07. The van der Waals surface area contributed by atoms with Crippen LogP contribution >= 0.6 is 0 Å². The van der Waals surface area contributed by atoms with Crippen molar-refractivity contribution < 1.29 is 19.5 Å². The van der Waals surface area contributed by atoms with Crippen LogP contribution in [0, 0.1) is 5.41 Å². The Labute approximate surface area is 99.8 Å². The zero-order valence-corrected chi connectivity index (χ0v) is 9.91. The average molecular weight is 242 g/mol. The van der Waals surface area contributed by atoms with Gasteiger partial charge in [-0.05, 0) is 19.3 Å². The molecule has 0 saturated heterocycles. The lowest BCUT2D eigenvalue weighted by molar-refractivity contribution is -0.149. The fourth-order valence-electron chi connectivity index (χ4n) is 1.47. The maximum atomic E-state index is 11.5. The molecular weight excluding hydrogens is 224 g/mol. The maximum absolute atomic E-state index is 11.5. The molecule has 6 nitrogen and oxygen atoms in total. The Bertz CT molecular complexity index is 323. The molecule has 1 aliphatic rings. The number of aliphatic carboxylic acids is 1. The molecule has 0 atom stereocenters. The lowest BCUT2D eigenvalue weighted by atomic mass is 10.1. The number of carbonyl (C=O) groups excluding carboxylic acids is 2. The minimum absolute atomic E-state index is 0.132. The van der Waals surface area contributed by atoms with Crippen molar-refractivity contribution in [1.82, 2.24) is 10.6 Å². The normalized spacial score (nSPS) is 16.1.